The quantitative estimate of drug-likeness (QED) is 0.602. The lowest BCUT2D eigenvalue weighted by atomic mass is 9.68. The molecule has 1 saturated heterocycles. The smallest absolute Gasteiger partial charge is 0.193 e. The molecule has 1 aliphatic heterocycles. The number of ketones is 2. The van der Waals surface area contributed by atoms with Crippen molar-refractivity contribution in [1.82, 2.24) is 4.90 Å². The van der Waals surface area contributed by atoms with Crippen molar-refractivity contribution in [3.8, 4) is 6.07 Å². The van der Waals surface area contributed by atoms with Crippen LogP contribution in [-0.4, -0.2) is 48.7 Å². The van der Waals surface area contributed by atoms with Gasteiger partial charge >= 0.3 is 0 Å². The molecule has 1 heterocycles. The van der Waals surface area contributed by atoms with Gasteiger partial charge in [0.2, 0.25) is 0 Å². The fraction of sp³-hybridized carbons (Fsp3) is 0.433. The van der Waals surface area contributed by atoms with Gasteiger partial charge in [-0.3, -0.25) is 14.5 Å². The third-order valence-corrected chi connectivity index (χ3v) is 8.83. The lowest BCUT2D eigenvalue weighted by Gasteiger charge is -2.44. The highest BCUT2D eigenvalue weighted by Gasteiger charge is 2.44. The minimum atomic E-state index is -0.345. The number of benzene rings is 2. The summed E-state index contributed by atoms with van der Waals surface area (Å²) in [6, 6.07) is 12.6. The maximum Gasteiger partial charge on any atom is 0.193 e. The number of rotatable bonds is 3. The molecule has 0 radical (unpaired) electrons. The molecule has 0 amide bonds. The third-order valence-electron chi connectivity index (χ3n) is 8.83. The molecule has 5 heteroatoms. The number of carbonyl (C=O) groups excluding carboxylic acids is 2. The number of anilines is 1. The number of hydrogen-bond acceptors (Lipinski definition) is 5. The Morgan fingerprint density at radius 1 is 1.06 bits per heavy atom. The minimum absolute atomic E-state index is 0.0000826. The molecule has 1 saturated carbocycles. The summed E-state index contributed by atoms with van der Waals surface area (Å²) in [5.41, 5.74) is 7.41. The second-order valence-electron chi connectivity index (χ2n) is 11.0. The van der Waals surface area contributed by atoms with Gasteiger partial charge in [0.15, 0.2) is 11.6 Å². The highest BCUT2D eigenvalue weighted by atomic mass is 16.1. The summed E-state index contributed by atoms with van der Waals surface area (Å²) < 4.78 is 0. The van der Waals surface area contributed by atoms with E-state index in [1.54, 1.807) is 13.0 Å². The number of piperazine rings is 1. The van der Waals surface area contributed by atoms with Crippen molar-refractivity contribution in [3.63, 3.8) is 0 Å². The van der Waals surface area contributed by atoms with Gasteiger partial charge in [-0.2, -0.15) is 5.26 Å². The van der Waals surface area contributed by atoms with Crippen LogP contribution in [0.15, 0.2) is 35.9 Å². The zero-order valence-corrected chi connectivity index (χ0v) is 20.8. The number of fused-ring (bicyclic) bond motifs is 3. The summed E-state index contributed by atoms with van der Waals surface area (Å²) in [5.74, 6) is 0.00160. The van der Waals surface area contributed by atoms with Crippen LogP contribution in [-0.2, 0) is 11.8 Å². The summed E-state index contributed by atoms with van der Waals surface area (Å²) in [6.45, 7) is 9.83. The SMILES string of the molecule is CC(=O)c1cc2c(cc1N1CCN(C3CCC3)CC1)C(C)(C)C1=C(C2=O)c2ccc(C#N)cc2C1. The average molecular weight is 466 g/mol. The van der Waals surface area contributed by atoms with Gasteiger partial charge in [0.1, 0.15) is 0 Å². The predicted octanol–water partition coefficient (Wildman–Crippen LogP) is 4.92. The van der Waals surface area contributed by atoms with E-state index in [1.807, 2.05) is 18.2 Å². The monoisotopic (exact) mass is 465 g/mol. The predicted molar refractivity (Wildman–Crippen MR) is 137 cm³/mol. The molecular formula is C30H31N3O2. The first kappa shape index (κ1) is 22.2. The van der Waals surface area contributed by atoms with Crippen molar-refractivity contribution >= 4 is 22.8 Å². The van der Waals surface area contributed by atoms with Crippen molar-refractivity contribution in [2.24, 2.45) is 0 Å². The second-order valence-corrected chi connectivity index (χ2v) is 11.0. The Hall–Kier alpha value is -3.23. The molecule has 178 valence electrons. The van der Waals surface area contributed by atoms with Crippen LogP contribution in [0.3, 0.4) is 0 Å². The molecule has 3 aliphatic carbocycles. The molecular weight excluding hydrogens is 434 g/mol. The molecule has 5 nitrogen and oxygen atoms in total. The molecule has 2 aromatic rings. The fourth-order valence-corrected chi connectivity index (χ4v) is 6.50. The van der Waals surface area contributed by atoms with Crippen molar-refractivity contribution in [2.75, 3.05) is 31.1 Å². The summed E-state index contributed by atoms with van der Waals surface area (Å²) in [4.78, 5) is 31.6. The van der Waals surface area contributed by atoms with Gasteiger partial charge in [0.25, 0.3) is 0 Å². The van der Waals surface area contributed by atoms with Gasteiger partial charge in [0.05, 0.1) is 11.6 Å². The lowest BCUT2D eigenvalue weighted by molar-refractivity contribution is 0.101. The Morgan fingerprint density at radius 3 is 2.43 bits per heavy atom. The van der Waals surface area contributed by atoms with Crippen molar-refractivity contribution < 1.29 is 9.59 Å². The standard InChI is InChI=1S/C30H31N3O2/c1-18(34)23-15-24-25(16-27(23)33-11-9-32(10-12-33)21-5-4-6-21)30(2,3)26-14-20-13-19(17-31)7-8-22(20)28(26)29(24)35/h7-8,13,15-16,21H,4-6,9-12,14H2,1-3H3. The van der Waals surface area contributed by atoms with Gasteiger partial charge < -0.3 is 4.90 Å². The number of nitrogens with zero attached hydrogens (tertiary/aromatic N) is 3. The Labute approximate surface area is 207 Å². The number of carbonyl (C=O) groups is 2. The molecule has 35 heavy (non-hydrogen) atoms. The first-order chi connectivity index (χ1) is 16.8. The Bertz CT molecular complexity index is 1350. The molecule has 0 bridgehead atoms. The van der Waals surface area contributed by atoms with Gasteiger partial charge in [-0.15, -0.1) is 0 Å². The molecule has 6 rings (SSSR count). The first-order valence-corrected chi connectivity index (χ1v) is 12.8. The van der Waals surface area contributed by atoms with E-state index >= 15 is 0 Å². The van der Waals surface area contributed by atoms with E-state index in [9.17, 15) is 14.9 Å². The molecule has 0 aromatic heterocycles. The van der Waals surface area contributed by atoms with E-state index in [0.717, 1.165) is 65.7 Å². The Morgan fingerprint density at radius 2 is 1.80 bits per heavy atom. The van der Waals surface area contributed by atoms with Crippen LogP contribution in [0, 0.1) is 11.3 Å². The summed E-state index contributed by atoms with van der Waals surface area (Å²) in [7, 11) is 0. The van der Waals surface area contributed by atoms with Crippen molar-refractivity contribution in [1.29, 1.82) is 5.26 Å². The molecule has 2 aromatic carbocycles. The summed E-state index contributed by atoms with van der Waals surface area (Å²) >= 11 is 0. The molecule has 0 atom stereocenters. The topological polar surface area (TPSA) is 64.4 Å². The van der Waals surface area contributed by atoms with Crippen LogP contribution in [0.2, 0.25) is 0 Å². The Balaban J connectivity index is 1.41. The van der Waals surface area contributed by atoms with E-state index in [-0.39, 0.29) is 17.0 Å². The largest absolute Gasteiger partial charge is 0.368 e. The molecule has 4 aliphatic rings. The van der Waals surface area contributed by atoms with E-state index in [4.69, 9.17) is 0 Å². The first-order valence-electron chi connectivity index (χ1n) is 12.8. The van der Waals surface area contributed by atoms with Crippen LogP contribution in [0.1, 0.15) is 83.0 Å². The minimum Gasteiger partial charge on any atom is -0.368 e. The van der Waals surface area contributed by atoms with E-state index in [2.05, 4.69) is 35.8 Å². The summed E-state index contributed by atoms with van der Waals surface area (Å²) in [6.07, 6.45) is 4.64. The van der Waals surface area contributed by atoms with Crippen LogP contribution in [0.25, 0.3) is 5.57 Å². The molecule has 2 fully saturated rings. The van der Waals surface area contributed by atoms with Crippen LogP contribution < -0.4 is 4.90 Å². The van der Waals surface area contributed by atoms with E-state index in [1.165, 1.54) is 19.3 Å². The summed E-state index contributed by atoms with van der Waals surface area (Å²) in [5, 5.41) is 9.35. The zero-order chi connectivity index (χ0) is 24.5. The van der Waals surface area contributed by atoms with Crippen LogP contribution in [0.4, 0.5) is 5.69 Å². The molecule has 0 unspecified atom stereocenters. The molecule has 0 N–H and O–H groups in total. The Kier molecular flexibility index (Phi) is 5.02. The molecule has 0 spiro atoms. The second kappa shape index (κ2) is 7.90. The fourth-order valence-electron chi connectivity index (χ4n) is 6.50. The van der Waals surface area contributed by atoms with Gasteiger partial charge in [-0.05, 0) is 72.7 Å². The number of allylic oxidation sites excluding steroid dienone is 2. The maximum atomic E-state index is 13.9. The number of hydrogen-bond donors (Lipinski definition) is 0. The average Bonchev–Trinajstić information content (AvgIpc) is 3.21. The van der Waals surface area contributed by atoms with Gasteiger partial charge in [-0.25, -0.2) is 0 Å². The zero-order valence-electron chi connectivity index (χ0n) is 20.8. The number of nitriles is 1. The number of Topliss-reactive ketones (excluding diaryl/α,β-unsaturated/α-hetero) is 2. The maximum absolute atomic E-state index is 13.9. The lowest BCUT2D eigenvalue weighted by Crippen LogP contribution is -2.52. The normalized spacial score (nSPS) is 21.2. The van der Waals surface area contributed by atoms with E-state index in [0.29, 0.717) is 23.1 Å². The van der Waals surface area contributed by atoms with Crippen LogP contribution in [0.5, 0.6) is 0 Å². The van der Waals surface area contributed by atoms with Crippen molar-refractivity contribution in [2.45, 2.75) is 57.9 Å². The highest BCUT2D eigenvalue weighted by Crippen LogP contribution is 2.51. The van der Waals surface area contributed by atoms with E-state index < -0.39 is 0 Å². The van der Waals surface area contributed by atoms with Gasteiger partial charge in [0, 0.05) is 60.0 Å². The van der Waals surface area contributed by atoms with Crippen molar-refractivity contribution in [3.05, 3.63) is 69.3 Å². The third kappa shape index (κ3) is 3.31. The van der Waals surface area contributed by atoms with Crippen LogP contribution >= 0.6 is 0 Å². The highest BCUT2D eigenvalue weighted by molar-refractivity contribution is 6.33. The van der Waals surface area contributed by atoms with Gasteiger partial charge in [-0.1, -0.05) is 26.3 Å².